The van der Waals surface area contributed by atoms with Crippen LogP contribution < -0.4 is 14.8 Å². The minimum absolute atomic E-state index is 0.325. The highest BCUT2D eigenvalue weighted by Gasteiger charge is 2.23. The number of benzene rings is 1. The van der Waals surface area contributed by atoms with Gasteiger partial charge in [-0.15, -0.1) is 0 Å². The molecule has 1 atom stereocenters. The van der Waals surface area contributed by atoms with Crippen molar-refractivity contribution in [3.8, 4) is 11.5 Å². The minimum Gasteiger partial charge on any atom is -0.454 e. The predicted octanol–water partition coefficient (Wildman–Crippen LogP) is 3.00. The fourth-order valence-electron chi connectivity index (χ4n) is 3.00. The summed E-state index contributed by atoms with van der Waals surface area (Å²) < 4.78 is 11.9. The van der Waals surface area contributed by atoms with Gasteiger partial charge in [0.25, 0.3) is 0 Å². The third-order valence-corrected chi connectivity index (χ3v) is 5.08. The number of likely N-dealkylation sites (tertiary alicyclic amines) is 1. The lowest BCUT2D eigenvalue weighted by molar-refractivity contribution is 0.174. The molecule has 1 unspecified atom stereocenters. The molecule has 21 heavy (non-hydrogen) atoms. The lowest BCUT2D eigenvalue weighted by Crippen LogP contribution is -2.30. The Hall–Kier alpha value is -0.780. The summed E-state index contributed by atoms with van der Waals surface area (Å²) in [5.74, 6) is 2.44. The minimum atomic E-state index is 0.325. The molecule has 1 saturated heterocycles. The Balaban J connectivity index is 1.50. The van der Waals surface area contributed by atoms with Crippen LogP contribution in [0.1, 0.15) is 25.8 Å². The molecule has 1 N–H and O–H groups in total. The van der Waals surface area contributed by atoms with Gasteiger partial charge < -0.3 is 19.7 Å². The number of nitrogens with one attached hydrogen (secondary N) is 1. The Bertz CT molecular complexity index is 507. The molecule has 3 rings (SSSR count). The van der Waals surface area contributed by atoms with E-state index in [1.54, 1.807) is 0 Å². The molecule has 2 aliphatic heterocycles. The summed E-state index contributed by atoms with van der Waals surface area (Å²) in [6.45, 7) is 9.26. The van der Waals surface area contributed by atoms with Crippen LogP contribution in [0.2, 0.25) is 0 Å². The molecule has 0 amide bonds. The number of hydrogen-bond donors (Lipinski definition) is 1. The van der Waals surface area contributed by atoms with Gasteiger partial charge in [-0.25, -0.2) is 0 Å². The monoisotopic (exact) mass is 354 g/mol. The standard InChI is InChI=1S/C16H23BrN2O2/c1-11(2)19-4-3-12(9-19)7-18-8-13-5-15-16(6-14(13)17)21-10-20-15/h5-6,11-12,18H,3-4,7-10H2,1-2H3. The second-order valence-corrected chi connectivity index (χ2v) is 7.03. The average Bonchev–Trinajstić information content (AvgIpc) is 3.07. The predicted molar refractivity (Wildman–Crippen MR) is 86.8 cm³/mol. The highest BCUT2D eigenvalue weighted by molar-refractivity contribution is 9.10. The van der Waals surface area contributed by atoms with Crippen LogP contribution in [0.25, 0.3) is 0 Å². The molecule has 4 nitrogen and oxygen atoms in total. The van der Waals surface area contributed by atoms with E-state index >= 15 is 0 Å². The Morgan fingerprint density at radius 3 is 2.81 bits per heavy atom. The van der Waals surface area contributed by atoms with Crippen molar-refractivity contribution in [3.63, 3.8) is 0 Å². The molecule has 0 aromatic heterocycles. The smallest absolute Gasteiger partial charge is 0.231 e. The van der Waals surface area contributed by atoms with Crippen LogP contribution in [0.15, 0.2) is 16.6 Å². The molecule has 2 heterocycles. The molecule has 0 aliphatic carbocycles. The third-order valence-electron chi connectivity index (χ3n) is 4.34. The first-order valence-corrected chi connectivity index (χ1v) is 8.45. The van der Waals surface area contributed by atoms with E-state index in [0.717, 1.165) is 35.0 Å². The first-order valence-electron chi connectivity index (χ1n) is 7.66. The maximum Gasteiger partial charge on any atom is 0.231 e. The van der Waals surface area contributed by atoms with Crippen LogP contribution >= 0.6 is 15.9 Å². The largest absolute Gasteiger partial charge is 0.454 e. The third kappa shape index (κ3) is 3.52. The Morgan fingerprint density at radius 1 is 1.33 bits per heavy atom. The van der Waals surface area contributed by atoms with Gasteiger partial charge in [0.1, 0.15) is 0 Å². The highest BCUT2D eigenvalue weighted by Crippen LogP contribution is 2.36. The van der Waals surface area contributed by atoms with Gasteiger partial charge in [-0.1, -0.05) is 15.9 Å². The van der Waals surface area contributed by atoms with E-state index in [9.17, 15) is 0 Å². The van der Waals surface area contributed by atoms with Gasteiger partial charge in [0.15, 0.2) is 11.5 Å². The molecule has 0 spiro atoms. The second-order valence-electron chi connectivity index (χ2n) is 6.17. The van der Waals surface area contributed by atoms with Crippen molar-refractivity contribution in [2.75, 3.05) is 26.4 Å². The van der Waals surface area contributed by atoms with Gasteiger partial charge in [-0.2, -0.15) is 0 Å². The van der Waals surface area contributed by atoms with Crippen molar-refractivity contribution < 1.29 is 9.47 Å². The lowest BCUT2D eigenvalue weighted by Gasteiger charge is -2.20. The van der Waals surface area contributed by atoms with Crippen molar-refractivity contribution >= 4 is 15.9 Å². The van der Waals surface area contributed by atoms with E-state index < -0.39 is 0 Å². The van der Waals surface area contributed by atoms with E-state index in [-0.39, 0.29) is 0 Å². The first-order chi connectivity index (χ1) is 10.1. The quantitative estimate of drug-likeness (QED) is 0.881. The molecule has 116 valence electrons. The number of fused-ring (bicyclic) bond motifs is 1. The summed E-state index contributed by atoms with van der Waals surface area (Å²) in [6, 6.07) is 4.72. The van der Waals surface area contributed by atoms with Gasteiger partial charge in [-0.05, 0) is 57.0 Å². The van der Waals surface area contributed by atoms with Gasteiger partial charge in [0.2, 0.25) is 6.79 Å². The zero-order chi connectivity index (χ0) is 14.8. The van der Waals surface area contributed by atoms with Crippen LogP contribution in [-0.4, -0.2) is 37.4 Å². The van der Waals surface area contributed by atoms with E-state index in [0.29, 0.717) is 12.8 Å². The van der Waals surface area contributed by atoms with Gasteiger partial charge in [0.05, 0.1) is 0 Å². The maximum absolute atomic E-state index is 5.44. The van der Waals surface area contributed by atoms with Gasteiger partial charge in [0, 0.05) is 23.6 Å². The van der Waals surface area contributed by atoms with Crippen LogP contribution in [0.4, 0.5) is 0 Å². The summed E-state index contributed by atoms with van der Waals surface area (Å²) in [5, 5.41) is 3.58. The second kappa shape index (κ2) is 6.55. The number of rotatable bonds is 5. The summed E-state index contributed by atoms with van der Waals surface area (Å²) in [5.41, 5.74) is 1.22. The normalized spacial score (nSPS) is 21.4. The fourth-order valence-corrected chi connectivity index (χ4v) is 3.47. The zero-order valence-electron chi connectivity index (χ0n) is 12.7. The van der Waals surface area contributed by atoms with Crippen LogP contribution in [0.5, 0.6) is 11.5 Å². The van der Waals surface area contributed by atoms with Crippen molar-refractivity contribution in [1.82, 2.24) is 10.2 Å². The molecule has 0 saturated carbocycles. The molecule has 1 aromatic rings. The molecule has 2 aliphatic rings. The van der Waals surface area contributed by atoms with Crippen molar-refractivity contribution in [2.45, 2.75) is 32.9 Å². The maximum atomic E-state index is 5.44. The highest BCUT2D eigenvalue weighted by atomic mass is 79.9. The van der Waals surface area contributed by atoms with Crippen molar-refractivity contribution in [3.05, 3.63) is 22.2 Å². The molecule has 1 aromatic carbocycles. The topological polar surface area (TPSA) is 33.7 Å². The molecular formula is C16H23BrN2O2. The molecule has 5 heteroatoms. The van der Waals surface area contributed by atoms with E-state index in [1.165, 1.54) is 25.1 Å². The molecule has 0 radical (unpaired) electrons. The lowest BCUT2D eigenvalue weighted by atomic mass is 10.1. The Labute approximate surface area is 134 Å². The zero-order valence-corrected chi connectivity index (χ0v) is 14.3. The van der Waals surface area contributed by atoms with Gasteiger partial charge in [-0.3, -0.25) is 0 Å². The summed E-state index contributed by atoms with van der Waals surface area (Å²) >= 11 is 3.61. The average molecular weight is 355 g/mol. The summed E-state index contributed by atoms with van der Waals surface area (Å²) in [7, 11) is 0. The van der Waals surface area contributed by atoms with Crippen LogP contribution in [0, 0.1) is 5.92 Å². The number of ether oxygens (including phenoxy) is 2. The Morgan fingerprint density at radius 2 is 2.10 bits per heavy atom. The summed E-state index contributed by atoms with van der Waals surface area (Å²) in [4.78, 5) is 2.56. The first kappa shape index (κ1) is 15.1. The van der Waals surface area contributed by atoms with Crippen LogP contribution in [0.3, 0.4) is 0 Å². The van der Waals surface area contributed by atoms with E-state index in [1.807, 2.05) is 6.07 Å². The van der Waals surface area contributed by atoms with Gasteiger partial charge >= 0.3 is 0 Å². The fraction of sp³-hybridized carbons (Fsp3) is 0.625. The number of halogens is 1. The Kier molecular flexibility index (Phi) is 4.72. The van der Waals surface area contributed by atoms with Crippen molar-refractivity contribution in [2.24, 2.45) is 5.92 Å². The molecule has 1 fully saturated rings. The summed E-state index contributed by atoms with van der Waals surface area (Å²) in [6.07, 6.45) is 1.30. The van der Waals surface area contributed by atoms with E-state index in [2.05, 4.69) is 46.1 Å². The number of hydrogen-bond acceptors (Lipinski definition) is 4. The van der Waals surface area contributed by atoms with Crippen molar-refractivity contribution in [1.29, 1.82) is 0 Å². The molecule has 0 bridgehead atoms. The van der Waals surface area contributed by atoms with Crippen LogP contribution in [-0.2, 0) is 6.54 Å². The SMILES string of the molecule is CC(C)N1CCC(CNCc2cc3c(cc2Br)OCO3)C1. The molecular weight excluding hydrogens is 332 g/mol. The van der Waals surface area contributed by atoms with E-state index in [4.69, 9.17) is 9.47 Å². The number of nitrogens with zero attached hydrogens (tertiary/aromatic N) is 1.